The summed E-state index contributed by atoms with van der Waals surface area (Å²) in [6, 6.07) is 66.1. The zero-order valence-electron chi connectivity index (χ0n) is 31.0. The number of hydrogen-bond acceptors (Lipinski definition) is 1. The van der Waals surface area contributed by atoms with Gasteiger partial charge < -0.3 is 4.90 Å². The summed E-state index contributed by atoms with van der Waals surface area (Å²) in [4.78, 5) is 2.45. The molecule has 0 aliphatic heterocycles. The second-order valence-corrected chi connectivity index (χ2v) is 16.9. The van der Waals surface area contributed by atoms with E-state index in [9.17, 15) is 0 Å². The lowest BCUT2D eigenvalue weighted by Gasteiger charge is -2.61. The van der Waals surface area contributed by atoms with Gasteiger partial charge in [0.1, 0.15) is 0 Å². The van der Waals surface area contributed by atoms with E-state index in [0.29, 0.717) is 0 Å². The Morgan fingerprint density at radius 3 is 1.82 bits per heavy atom. The van der Waals surface area contributed by atoms with Crippen molar-refractivity contribution in [2.75, 3.05) is 4.90 Å². The van der Waals surface area contributed by atoms with Gasteiger partial charge in [-0.15, -0.1) is 0 Å². The average molecular weight is 706 g/mol. The molecule has 1 nitrogen and oxygen atoms in total. The fourth-order valence-electron chi connectivity index (χ4n) is 12.2. The maximum atomic E-state index is 2.54. The summed E-state index contributed by atoms with van der Waals surface area (Å²) in [5.74, 6) is 3.48. The Morgan fingerprint density at radius 2 is 1.02 bits per heavy atom. The van der Waals surface area contributed by atoms with Crippen LogP contribution in [0.25, 0.3) is 54.9 Å². The van der Waals surface area contributed by atoms with Gasteiger partial charge in [0.05, 0.1) is 5.69 Å². The van der Waals surface area contributed by atoms with Gasteiger partial charge in [-0.2, -0.15) is 0 Å². The minimum Gasteiger partial charge on any atom is -0.310 e. The molecule has 4 saturated carbocycles. The molecule has 0 heterocycles. The Morgan fingerprint density at radius 1 is 0.382 bits per heavy atom. The molecule has 0 aromatic heterocycles. The molecule has 4 fully saturated rings. The zero-order chi connectivity index (χ0) is 36.1. The van der Waals surface area contributed by atoms with E-state index >= 15 is 0 Å². The normalized spacial score (nSPS) is 23.0. The molecular weight excluding hydrogens is 663 g/mol. The van der Waals surface area contributed by atoms with Crippen LogP contribution in [0.4, 0.5) is 17.1 Å². The molecule has 0 N–H and O–H groups in total. The van der Waals surface area contributed by atoms with E-state index in [-0.39, 0.29) is 5.41 Å². The fourth-order valence-corrected chi connectivity index (χ4v) is 12.2. The number of fused-ring (bicyclic) bond motifs is 5. The zero-order valence-corrected chi connectivity index (χ0v) is 31.0. The molecule has 0 unspecified atom stereocenters. The molecule has 5 aliphatic carbocycles. The fraction of sp³-hybridized carbons (Fsp3) is 0.185. The van der Waals surface area contributed by atoms with E-state index in [1.807, 2.05) is 0 Å². The summed E-state index contributed by atoms with van der Waals surface area (Å²) in [6.45, 7) is 0. The van der Waals surface area contributed by atoms with Crippen LogP contribution in [-0.2, 0) is 5.41 Å². The second kappa shape index (κ2) is 12.0. The first-order chi connectivity index (χ1) is 27.2. The smallest absolute Gasteiger partial charge is 0.0540 e. The van der Waals surface area contributed by atoms with Gasteiger partial charge in [-0.3, -0.25) is 0 Å². The maximum Gasteiger partial charge on any atom is 0.0540 e. The van der Waals surface area contributed by atoms with Gasteiger partial charge in [0.2, 0.25) is 0 Å². The molecule has 264 valence electrons. The van der Waals surface area contributed by atoms with Crippen LogP contribution in [0.5, 0.6) is 0 Å². The third kappa shape index (κ3) is 4.66. The van der Waals surface area contributed by atoms with Crippen molar-refractivity contribution in [3.05, 3.63) is 187 Å². The van der Waals surface area contributed by atoms with Crippen molar-refractivity contribution in [3.63, 3.8) is 0 Å². The largest absolute Gasteiger partial charge is 0.310 e. The Kier molecular flexibility index (Phi) is 6.88. The number of rotatable bonds is 5. The summed E-state index contributed by atoms with van der Waals surface area (Å²) in [6.07, 6.45) is 7.16. The Balaban J connectivity index is 0.976. The summed E-state index contributed by atoms with van der Waals surface area (Å²) in [5.41, 5.74) is 14.9. The molecule has 8 aromatic rings. The van der Waals surface area contributed by atoms with E-state index in [2.05, 4.69) is 181 Å². The van der Waals surface area contributed by atoms with Crippen molar-refractivity contribution in [2.24, 2.45) is 23.7 Å². The Labute approximate surface area is 323 Å². The van der Waals surface area contributed by atoms with Crippen molar-refractivity contribution in [3.8, 4) is 33.4 Å². The maximum absolute atomic E-state index is 2.54. The van der Waals surface area contributed by atoms with Crippen LogP contribution < -0.4 is 4.90 Å². The van der Waals surface area contributed by atoms with Crippen molar-refractivity contribution < 1.29 is 0 Å². The minimum absolute atomic E-state index is 0.209. The van der Waals surface area contributed by atoms with Gasteiger partial charge in [-0.25, -0.2) is 0 Å². The third-order valence-corrected chi connectivity index (χ3v) is 14.2. The SMILES string of the molecule is c1ccc(-c2ccc(N(c3ccc(-c4ccc5c(c4)-c4ccccc4C54C5CC6CC(C5)CC4C6)cc3)c3ccc4ccccc4c3)c3ccccc23)cc1. The molecule has 8 aromatic carbocycles. The van der Waals surface area contributed by atoms with Crippen LogP contribution in [0, 0.1) is 23.7 Å². The first kappa shape index (κ1) is 31.4. The number of benzene rings is 8. The number of anilines is 3. The third-order valence-electron chi connectivity index (χ3n) is 14.2. The van der Waals surface area contributed by atoms with Crippen molar-refractivity contribution in [1.29, 1.82) is 0 Å². The highest BCUT2D eigenvalue weighted by Crippen LogP contribution is 2.69. The van der Waals surface area contributed by atoms with Crippen LogP contribution in [0.1, 0.15) is 43.2 Å². The van der Waals surface area contributed by atoms with Crippen LogP contribution >= 0.6 is 0 Å². The minimum atomic E-state index is 0.209. The number of nitrogens with zero attached hydrogens (tertiary/aromatic N) is 1. The van der Waals surface area contributed by atoms with Crippen molar-refractivity contribution >= 4 is 38.6 Å². The standard InChI is InChI=1S/C54H43N/c1-2-11-39(12-3-1)46-25-27-53(49-16-7-6-14-47(46)49)55(45-24-20-37-10-4-5-13-40(37)33-45)44-22-18-38(19-23-44)41-21-26-52-50(34-41)48-15-8-9-17-51(48)54(52)42-29-35-28-36(31-42)32-43(54)30-35/h1-27,33-36,42-43H,28-32H2. The molecule has 0 atom stereocenters. The van der Waals surface area contributed by atoms with Crippen molar-refractivity contribution in [1.82, 2.24) is 0 Å². The van der Waals surface area contributed by atoms with Gasteiger partial charge in [-0.1, -0.05) is 140 Å². The Hall–Kier alpha value is -5.92. The topological polar surface area (TPSA) is 3.24 Å². The highest BCUT2D eigenvalue weighted by Gasteiger charge is 2.61. The lowest BCUT2D eigenvalue weighted by molar-refractivity contribution is -0.0399. The summed E-state index contributed by atoms with van der Waals surface area (Å²) < 4.78 is 0. The molecule has 1 spiro atoms. The summed E-state index contributed by atoms with van der Waals surface area (Å²) in [7, 11) is 0. The quantitative estimate of drug-likeness (QED) is 0.172. The molecule has 1 heteroatoms. The molecule has 0 amide bonds. The van der Waals surface area contributed by atoms with Crippen LogP contribution in [0.3, 0.4) is 0 Å². The predicted molar refractivity (Wildman–Crippen MR) is 230 cm³/mol. The van der Waals surface area contributed by atoms with E-state index in [4.69, 9.17) is 0 Å². The highest BCUT2D eigenvalue weighted by atomic mass is 15.1. The second-order valence-electron chi connectivity index (χ2n) is 16.9. The lowest BCUT2D eigenvalue weighted by atomic mass is 9.43. The van der Waals surface area contributed by atoms with Gasteiger partial charge in [0.15, 0.2) is 0 Å². The van der Waals surface area contributed by atoms with Crippen LogP contribution in [-0.4, -0.2) is 0 Å². The van der Waals surface area contributed by atoms with E-state index in [1.165, 1.54) is 92.7 Å². The van der Waals surface area contributed by atoms with Crippen molar-refractivity contribution in [2.45, 2.75) is 37.5 Å². The van der Waals surface area contributed by atoms with Gasteiger partial charge >= 0.3 is 0 Å². The summed E-state index contributed by atoms with van der Waals surface area (Å²) in [5, 5.41) is 4.97. The van der Waals surface area contributed by atoms with Crippen LogP contribution in [0.15, 0.2) is 176 Å². The highest BCUT2D eigenvalue weighted by molar-refractivity contribution is 6.06. The molecular formula is C54H43N. The molecule has 0 saturated heterocycles. The first-order valence-corrected chi connectivity index (χ1v) is 20.4. The molecule has 5 aliphatic rings. The lowest BCUT2D eigenvalue weighted by Crippen LogP contribution is -2.55. The monoisotopic (exact) mass is 705 g/mol. The van der Waals surface area contributed by atoms with E-state index < -0.39 is 0 Å². The Bertz CT molecular complexity index is 2750. The predicted octanol–water partition coefficient (Wildman–Crippen LogP) is 14.5. The van der Waals surface area contributed by atoms with E-state index in [0.717, 1.165) is 35.0 Å². The molecule has 13 rings (SSSR count). The van der Waals surface area contributed by atoms with Gasteiger partial charge in [0.25, 0.3) is 0 Å². The van der Waals surface area contributed by atoms with Gasteiger partial charge in [0, 0.05) is 22.2 Å². The van der Waals surface area contributed by atoms with Crippen LogP contribution in [0.2, 0.25) is 0 Å². The number of hydrogen-bond donors (Lipinski definition) is 0. The average Bonchev–Trinajstić information content (AvgIpc) is 3.53. The summed E-state index contributed by atoms with van der Waals surface area (Å²) >= 11 is 0. The van der Waals surface area contributed by atoms with Gasteiger partial charge in [-0.05, 0) is 153 Å². The molecule has 4 bridgehead atoms. The first-order valence-electron chi connectivity index (χ1n) is 20.4. The molecule has 55 heavy (non-hydrogen) atoms. The van der Waals surface area contributed by atoms with E-state index in [1.54, 1.807) is 11.1 Å². The molecule has 0 radical (unpaired) electrons.